The summed E-state index contributed by atoms with van der Waals surface area (Å²) >= 11 is 0. The molecule has 0 fully saturated rings. The van der Waals surface area contributed by atoms with Crippen molar-refractivity contribution < 1.29 is 0 Å². The number of aromatic nitrogens is 2. The predicted molar refractivity (Wildman–Crippen MR) is 112 cm³/mol. The smallest absolute Gasteiger partial charge is 0.101 e. The van der Waals surface area contributed by atoms with Gasteiger partial charge in [-0.15, -0.1) is 0 Å². The third-order valence-corrected chi connectivity index (χ3v) is 4.41. The number of nitrogens with zero attached hydrogens (tertiary/aromatic N) is 3. The highest BCUT2D eigenvalue weighted by molar-refractivity contribution is 5.88. The average Bonchev–Trinajstić information content (AvgIpc) is 3.17. The fourth-order valence-corrected chi connectivity index (χ4v) is 3.02. The molecule has 0 amide bonds. The lowest BCUT2D eigenvalue weighted by molar-refractivity contribution is 0.884. The van der Waals surface area contributed by atoms with E-state index in [-0.39, 0.29) is 0 Å². The summed E-state index contributed by atoms with van der Waals surface area (Å²) in [6.07, 6.45) is 4.92. The molecule has 0 spiro atoms. The lowest BCUT2D eigenvalue weighted by atomic mass is 10.1. The van der Waals surface area contributed by atoms with E-state index in [1.807, 2.05) is 59.6 Å². The van der Waals surface area contributed by atoms with Crippen LogP contribution in [0.25, 0.3) is 16.9 Å². The molecule has 3 aromatic carbocycles. The Kier molecular flexibility index (Phi) is 5.21. The van der Waals surface area contributed by atoms with E-state index in [9.17, 15) is 0 Å². The number of rotatable bonds is 6. The maximum absolute atomic E-state index is 4.81. The molecule has 3 heteroatoms. The van der Waals surface area contributed by atoms with Crippen LogP contribution in [0.2, 0.25) is 0 Å². The fraction of sp³-hybridized carbons (Fsp3) is 0.0833. The molecule has 0 aliphatic heterocycles. The van der Waals surface area contributed by atoms with Crippen LogP contribution < -0.4 is 0 Å². The third kappa shape index (κ3) is 4.21. The Bertz CT molecular complexity index is 1000. The number of para-hydroxylation sites is 1. The summed E-state index contributed by atoms with van der Waals surface area (Å²) in [7, 11) is 0. The summed E-state index contributed by atoms with van der Waals surface area (Å²) in [5, 5.41) is 4.81. The van der Waals surface area contributed by atoms with Crippen LogP contribution >= 0.6 is 0 Å². The predicted octanol–water partition coefficient (Wildman–Crippen LogP) is 5.20. The Balaban J connectivity index is 1.60. The lowest BCUT2D eigenvalue weighted by Crippen LogP contribution is -1.93. The van der Waals surface area contributed by atoms with Crippen molar-refractivity contribution in [2.24, 2.45) is 4.99 Å². The van der Waals surface area contributed by atoms with Crippen molar-refractivity contribution >= 4 is 6.21 Å². The van der Waals surface area contributed by atoms with E-state index >= 15 is 0 Å². The molecule has 0 aliphatic carbocycles. The van der Waals surface area contributed by atoms with Gasteiger partial charge in [-0.25, -0.2) is 4.68 Å². The van der Waals surface area contributed by atoms with E-state index in [2.05, 4.69) is 53.5 Å². The first-order valence-corrected chi connectivity index (χ1v) is 9.14. The van der Waals surface area contributed by atoms with E-state index in [1.165, 1.54) is 5.56 Å². The first-order chi connectivity index (χ1) is 13.4. The molecule has 27 heavy (non-hydrogen) atoms. The quantitative estimate of drug-likeness (QED) is 0.439. The molecule has 4 rings (SSSR count). The van der Waals surface area contributed by atoms with Crippen molar-refractivity contribution in [1.82, 2.24) is 9.78 Å². The van der Waals surface area contributed by atoms with Gasteiger partial charge in [0, 0.05) is 30.1 Å². The van der Waals surface area contributed by atoms with Crippen molar-refractivity contribution in [1.29, 1.82) is 0 Å². The Hall–Kier alpha value is -3.46. The van der Waals surface area contributed by atoms with Crippen LogP contribution in [0.15, 0.2) is 102 Å². The first kappa shape index (κ1) is 17.0. The molecule has 3 nitrogen and oxygen atoms in total. The molecule has 0 saturated heterocycles. The minimum absolute atomic E-state index is 0.759. The Labute approximate surface area is 159 Å². The summed E-state index contributed by atoms with van der Waals surface area (Å²) in [4.78, 5) is 4.65. The van der Waals surface area contributed by atoms with Crippen molar-refractivity contribution in [3.05, 3.63) is 108 Å². The maximum atomic E-state index is 4.81. The lowest BCUT2D eigenvalue weighted by Gasteiger charge is -2.00. The van der Waals surface area contributed by atoms with Gasteiger partial charge in [0.25, 0.3) is 0 Å². The molecule has 0 aliphatic rings. The highest BCUT2D eigenvalue weighted by Gasteiger charge is 2.10. The summed E-state index contributed by atoms with van der Waals surface area (Å²) in [5.41, 5.74) is 5.41. The summed E-state index contributed by atoms with van der Waals surface area (Å²) in [6.45, 7) is 0.759. The summed E-state index contributed by atoms with van der Waals surface area (Å²) in [6, 6.07) is 30.9. The molecule has 4 aromatic rings. The normalized spacial score (nSPS) is 11.1. The molecule has 132 valence electrons. The monoisotopic (exact) mass is 351 g/mol. The SMILES string of the molecule is C(=NCCc1ccccc1)c1cn(-c2ccccc2)nc1-c1ccccc1. The van der Waals surface area contributed by atoms with E-state index < -0.39 is 0 Å². The van der Waals surface area contributed by atoms with Crippen LogP contribution in [0.3, 0.4) is 0 Å². The first-order valence-electron chi connectivity index (χ1n) is 9.14. The zero-order valence-corrected chi connectivity index (χ0v) is 15.1. The largest absolute Gasteiger partial charge is 0.292 e. The third-order valence-electron chi connectivity index (χ3n) is 4.41. The van der Waals surface area contributed by atoms with Crippen molar-refractivity contribution in [3.8, 4) is 16.9 Å². The van der Waals surface area contributed by atoms with Gasteiger partial charge < -0.3 is 0 Å². The highest BCUT2D eigenvalue weighted by atomic mass is 15.3. The molecule has 0 saturated carbocycles. The average molecular weight is 351 g/mol. The minimum atomic E-state index is 0.759. The highest BCUT2D eigenvalue weighted by Crippen LogP contribution is 2.22. The zero-order valence-electron chi connectivity index (χ0n) is 15.1. The second-order valence-electron chi connectivity index (χ2n) is 6.35. The van der Waals surface area contributed by atoms with Crippen LogP contribution in [0.1, 0.15) is 11.1 Å². The summed E-state index contributed by atoms with van der Waals surface area (Å²) in [5.74, 6) is 0. The van der Waals surface area contributed by atoms with E-state index in [1.54, 1.807) is 0 Å². The topological polar surface area (TPSA) is 30.2 Å². The Morgan fingerprint density at radius 1 is 0.778 bits per heavy atom. The molecular weight excluding hydrogens is 330 g/mol. The van der Waals surface area contributed by atoms with Crippen LogP contribution in [0.4, 0.5) is 0 Å². The van der Waals surface area contributed by atoms with Gasteiger partial charge in [-0.05, 0) is 24.1 Å². The number of aliphatic imine (C=N–C) groups is 1. The van der Waals surface area contributed by atoms with Crippen LogP contribution in [0.5, 0.6) is 0 Å². The van der Waals surface area contributed by atoms with Gasteiger partial charge in [0.1, 0.15) is 5.69 Å². The van der Waals surface area contributed by atoms with Gasteiger partial charge >= 0.3 is 0 Å². The molecule has 1 aromatic heterocycles. The Morgan fingerprint density at radius 2 is 1.41 bits per heavy atom. The standard InChI is InChI=1S/C24H21N3/c1-4-10-20(11-5-1)16-17-25-18-22-19-27(23-14-8-3-9-15-23)26-24(22)21-12-6-2-7-13-21/h1-15,18-19H,16-17H2. The molecule has 0 N–H and O–H groups in total. The van der Waals surface area contributed by atoms with Crippen molar-refractivity contribution in [3.63, 3.8) is 0 Å². The summed E-state index contributed by atoms with van der Waals surface area (Å²) < 4.78 is 1.92. The molecule has 0 bridgehead atoms. The van der Waals surface area contributed by atoms with Gasteiger partial charge in [0.2, 0.25) is 0 Å². The van der Waals surface area contributed by atoms with Crippen LogP contribution in [0, 0.1) is 0 Å². The molecule has 0 radical (unpaired) electrons. The van der Waals surface area contributed by atoms with Crippen molar-refractivity contribution in [2.75, 3.05) is 6.54 Å². The van der Waals surface area contributed by atoms with Gasteiger partial charge in [-0.2, -0.15) is 5.10 Å². The van der Waals surface area contributed by atoms with Gasteiger partial charge in [0.05, 0.1) is 5.69 Å². The van der Waals surface area contributed by atoms with E-state index in [4.69, 9.17) is 5.10 Å². The second-order valence-corrected chi connectivity index (χ2v) is 6.35. The molecule has 0 atom stereocenters. The minimum Gasteiger partial charge on any atom is -0.292 e. The second kappa shape index (κ2) is 8.28. The van der Waals surface area contributed by atoms with Gasteiger partial charge in [0.15, 0.2) is 0 Å². The van der Waals surface area contributed by atoms with Crippen LogP contribution in [-0.2, 0) is 6.42 Å². The van der Waals surface area contributed by atoms with E-state index in [0.29, 0.717) is 0 Å². The number of hydrogen-bond acceptors (Lipinski definition) is 2. The molecule has 1 heterocycles. The number of hydrogen-bond donors (Lipinski definition) is 0. The number of benzene rings is 3. The molecule has 0 unspecified atom stereocenters. The van der Waals surface area contributed by atoms with Gasteiger partial charge in [-0.3, -0.25) is 4.99 Å². The maximum Gasteiger partial charge on any atom is 0.101 e. The Morgan fingerprint density at radius 3 is 2.11 bits per heavy atom. The zero-order chi connectivity index (χ0) is 18.3. The van der Waals surface area contributed by atoms with Gasteiger partial charge in [-0.1, -0.05) is 78.9 Å². The fourth-order valence-electron chi connectivity index (χ4n) is 3.02. The molecular formula is C24H21N3. The van der Waals surface area contributed by atoms with E-state index in [0.717, 1.165) is 35.5 Å². The van der Waals surface area contributed by atoms with Crippen LogP contribution in [-0.4, -0.2) is 22.5 Å². The van der Waals surface area contributed by atoms with Crippen molar-refractivity contribution in [2.45, 2.75) is 6.42 Å².